The molecule has 6 heterocycles. The van der Waals surface area contributed by atoms with Gasteiger partial charge >= 0.3 is 0 Å². The van der Waals surface area contributed by atoms with Crippen molar-refractivity contribution >= 4 is 197 Å². The molecule has 0 unspecified atom stereocenters. The molecule has 12 aromatic rings. The molecule has 6 aromatic heterocycles. The fourth-order valence-corrected chi connectivity index (χ4v) is 16.6. The second-order valence-corrected chi connectivity index (χ2v) is 35.5. The van der Waals surface area contributed by atoms with Gasteiger partial charge in [0.2, 0.25) is 17.7 Å². The van der Waals surface area contributed by atoms with Crippen molar-refractivity contribution in [2.24, 2.45) is 48.2 Å². The van der Waals surface area contributed by atoms with Gasteiger partial charge in [0.25, 0.3) is 96.2 Å². The van der Waals surface area contributed by atoms with Crippen LogP contribution < -0.4 is 47.9 Å². The van der Waals surface area contributed by atoms with Crippen molar-refractivity contribution in [3.05, 3.63) is 199 Å². The van der Waals surface area contributed by atoms with Crippen molar-refractivity contribution in [1.82, 2.24) is 27.4 Å². The molecule has 0 bridgehead atoms. The van der Waals surface area contributed by atoms with Crippen LogP contribution in [-0.2, 0) is 117 Å². The number of carbonyl (C=O) groups excluding carboxylic acids is 9. The van der Waals surface area contributed by atoms with E-state index in [0.717, 1.165) is 91.0 Å². The normalized spacial score (nSPS) is 12.2. The van der Waals surface area contributed by atoms with E-state index in [4.69, 9.17) is 0 Å². The number of hydrogen-bond donors (Lipinski definition) is 15. The number of amides is 9. The molecule has 0 saturated heterocycles. The summed E-state index contributed by atoms with van der Waals surface area (Å²) in [4.78, 5) is 122. The first-order valence-corrected chi connectivity index (χ1v) is 42.8. The highest BCUT2D eigenvalue weighted by Crippen LogP contribution is 2.37. The summed E-state index contributed by atoms with van der Waals surface area (Å²) in [6.07, 6.45) is 6.52. The van der Waals surface area contributed by atoms with Gasteiger partial charge in [-0.25, -0.2) is 0 Å². The molecule has 0 aliphatic rings. The van der Waals surface area contributed by atoms with E-state index < -0.39 is 162 Å². The first kappa shape index (κ1) is 85.8. The van der Waals surface area contributed by atoms with Gasteiger partial charge in [0.15, 0.2) is 0 Å². The van der Waals surface area contributed by atoms with E-state index >= 15 is 0 Å². The molecule has 0 aliphatic carbocycles. The maximum atomic E-state index is 14.6. The molecule has 0 atom stereocenters. The highest BCUT2D eigenvalue weighted by Gasteiger charge is 2.31. The molecule has 0 radical (unpaired) electrons. The van der Waals surface area contributed by atoms with Crippen LogP contribution in [0.2, 0.25) is 0 Å². The number of hydrogen-bond acceptors (Lipinski definition) is 21. The van der Waals surface area contributed by atoms with Gasteiger partial charge in [0.05, 0.1) is 54.7 Å². The minimum Gasteiger partial charge on any atom is -0.344 e. The molecule has 12 rings (SSSR count). The van der Waals surface area contributed by atoms with E-state index in [1.54, 1.807) is 0 Å². The van der Waals surface area contributed by atoms with Crippen LogP contribution in [0.5, 0.6) is 0 Å². The highest BCUT2D eigenvalue weighted by molar-refractivity contribution is 7.87. The van der Waals surface area contributed by atoms with Crippen LogP contribution in [0.1, 0.15) is 75.8 Å². The van der Waals surface area contributed by atoms with Gasteiger partial charge in [-0.1, -0.05) is 18.2 Å². The number of nitrogens with zero attached hydrogens (tertiary/aromatic N) is 6. The Kier molecular flexibility index (Phi) is 22.9. The van der Waals surface area contributed by atoms with E-state index in [1.807, 2.05) is 0 Å². The zero-order valence-electron chi connectivity index (χ0n) is 62.5. The molecule has 48 heteroatoms. The summed E-state index contributed by atoms with van der Waals surface area (Å²) in [6.45, 7) is 0. The average Bonchev–Trinajstić information content (AvgIpc) is 0.998. The lowest BCUT2D eigenvalue weighted by Gasteiger charge is -2.16. The lowest BCUT2D eigenvalue weighted by atomic mass is 9.99. The monoisotopic (exact) mass is 1760 g/mol. The topological polar surface area (TPSA) is 618 Å². The van der Waals surface area contributed by atoms with Gasteiger partial charge in [-0.3, -0.25) is 70.5 Å². The standard InChI is InChI=1S/C72H65N15O27S6/c1-82-30-37(21-55(82)67(91)76-40-24-58(85(4)33-40)70(94)79-52-13-16-61(118(106,107)108)49-27-43(115(97,98)99)7-10-46(49)52)73-64(88)19-36(66(90)75-39-23-57(84(3)32-39)69(93)78-42-26-60(87(6)35-42)72(96)81-54-15-18-63(120(112,113)114)51-29-45(117(103,104)105)9-12-48(51)54)20-65(89)74-38-22-56(83(2)31-38)68(92)77-41-25-59(86(5)34-41)71(95)80-53-14-17-62(119(109,110)111)50-28-44(116(100,101)102)8-11-47(50)53/h7-18,21-36H,19-20H2,1-6H3,(H,73,88)(H,74,89)(H,75,90)(H,76,91)(H,77,92)(H,78,93)(H,79,94)(H,80,95)(H,81,96)(H,97,98,99)(H,100,101,102)(H,103,104,105)(H,106,107,108)(H,109,110,111)(H,112,113,114). The number of carbonyl (C=O) groups is 9. The molecule has 0 saturated carbocycles. The number of aromatic nitrogens is 6. The molecule has 0 spiro atoms. The molecule has 0 fully saturated rings. The van der Waals surface area contributed by atoms with Crippen molar-refractivity contribution < 1.29 is 121 Å². The van der Waals surface area contributed by atoms with Gasteiger partial charge in [-0.2, -0.15) is 50.5 Å². The zero-order chi connectivity index (χ0) is 87.7. The molecule has 626 valence electrons. The second-order valence-electron chi connectivity index (χ2n) is 27.1. The Bertz CT molecular complexity index is 6920. The Hall–Kier alpha value is -13.5. The third-order valence-electron chi connectivity index (χ3n) is 18.6. The van der Waals surface area contributed by atoms with Crippen molar-refractivity contribution in [3.63, 3.8) is 0 Å². The summed E-state index contributed by atoms with van der Waals surface area (Å²) in [5.74, 6) is -9.16. The average molecular weight is 1760 g/mol. The molecule has 9 amide bonds. The maximum absolute atomic E-state index is 14.6. The van der Waals surface area contributed by atoms with Crippen LogP contribution in [0.25, 0.3) is 32.3 Å². The van der Waals surface area contributed by atoms with E-state index in [9.17, 15) is 121 Å². The number of fused-ring (bicyclic) bond motifs is 3. The summed E-state index contributed by atoms with van der Waals surface area (Å²) in [7, 11) is -20.9. The fraction of sp³-hybridized carbons (Fsp3) is 0.125. The Morgan fingerprint density at radius 3 is 0.708 bits per heavy atom. The molecular weight excluding hydrogens is 1700 g/mol. The number of nitrogens with one attached hydrogen (secondary N) is 9. The molecular formula is C72H65N15O27S6. The lowest BCUT2D eigenvalue weighted by Crippen LogP contribution is -2.30. The Morgan fingerprint density at radius 1 is 0.267 bits per heavy atom. The predicted octanol–water partition coefficient (Wildman–Crippen LogP) is 6.78. The quantitative estimate of drug-likeness (QED) is 0.0248. The first-order valence-electron chi connectivity index (χ1n) is 34.2. The highest BCUT2D eigenvalue weighted by atomic mass is 32.2. The second kappa shape index (κ2) is 32.1. The number of rotatable bonds is 26. The third-order valence-corrected chi connectivity index (χ3v) is 23.9. The summed E-state index contributed by atoms with van der Waals surface area (Å²) in [6, 6.07) is 22.0. The summed E-state index contributed by atoms with van der Waals surface area (Å²) < 4.78 is 212. The summed E-state index contributed by atoms with van der Waals surface area (Å²) in [5.41, 5.74) is -0.596. The van der Waals surface area contributed by atoms with Gasteiger partial charge in [0, 0.05) is 142 Å². The molecule has 6 aromatic carbocycles. The molecule has 120 heavy (non-hydrogen) atoms. The van der Waals surface area contributed by atoms with E-state index in [-0.39, 0.29) is 118 Å². The number of benzene rings is 6. The van der Waals surface area contributed by atoms with Gasteiger partial charge < -0.3 is 75.3 Å². The van der Waals surface area contributed by atoms with E-state index in [0.29, 0.717) is 0 Å². The largest absolute Gasteiger partial charge is 0.344 e. The SMILES string of the molecule is Cn1cc(NC(=O)CC(CC(=O)Nc2cc(C(=O)Nc3cc(C(=O)Nc4ccc(S(=O)(=O)O)c5cc(S(=O)(=O)O)ccc45)n(C)c3)n(C)c2)C(=O)Nc2cc(C(=O)Nc3cc(C(=O)Nc4ccc(S(=O)(=O)O)c5cc(S(=O)(=O)O)ccc45)n(C)c3)n(C)c2)cc1C(=O)Nc1cc(C(=O)Nc2ccc(S(=O)(=O)O)c3cc(S(=O)(=O)O)ccc23)n(C)c1. The Morgan fingerprint density at radius 2 is 0.483 bits per heavy atom. The maximum Gasteiger partial charge on any atom is 0.295 e. The van der Waals surface area contributed by atoms with Crippen molar-refractivity contribution in [3.8, 4) is 0 Å². The smallest absolute Gasteiger partial charge is 0.295 e. The molecule has 0 aliphatic heterocycles. The van der Waals surface area contributed by atoms with Crippen molar-refractivity contribution in [2.45, 2.75) is 42.2 Å². The number of aryl methyl sites for hydroxylation is 6. The van der Waals surface area contributed by atoms with Crippen LogP contribution in [-0.4, -0.2) is 158 Å². The fourth-order valence-electron chi connectivity index (χ4n) is 13.1. The molecule has 42 nitrogen and oxygen atoms in total. The minimum atomic E-state index is -4.97. The predicted molar refractivity (Wildman–Crippen MR) is 430 cm³/mol. The Balaban J connectivity index is 0.741. The number of anilines is 9. The van der Waals surface area contributed by atoms with Crippen LogP contribution in [0.3, 0.4) is 0 Å². The van der Waals surface area contributed by atoms with Crippen molar-refractivity contribution in [1.29, 1.82) is 0 Å². The van der Waals surface area contributed by atoms with Crippen LogP contribution in [0.15, 0.2) is 194 Å². The first-order chi connectivity index (χ1) is 55.9. The van der Waals surface area contributed by atoms with E-state index in [2.05, 4.69) is 47.9 Å². The summed E-state index contributed by atoms with van der Waals surface area (Å²) in [5, 5.41) is 22.1. The van der Waals surface area contributed by atoms with Gasteiger partial charge in [-0.05, 0) is 109 Å². The van der Waals surface area contributed by atoms with Crippen LogP contribution in [0, 0.1) is 5.92 Å². The molecule has 15 N–H and O–H groups in total. The van der Waals surface area contributed by atoms with E-state index in [1.165, 1.54) is 143 Å². The Labute approximate surface area is 678 Å². The van der Waals surface area contributed by atoms with Gasteiger partial charge in [0.1, 0.15) is 48.9 Å². The minimum absolute atomic E-state index is 0.00244. The van der Waals surface area contributed by atoms with Crippen LogP contribution >= 0.6 is 0 Å². The van der Waals surface area contributed by atoms with Gasteiger partial charge in [-0.15, -0.1) is 0 Å². The summed E-state index contributed by atoms with van der Waals surface area (Å²) >= 11 is 0. The zero-order valence-corrected chi connectivity index (χ0v) is 67.4. The van der Waals surface area contributed by atoms with Crippen molar-refractivity contribution in [2.75, 3.05) is 47.9 Å². The van der Waals surface area contributed by atoms with Crippen LogP contribution in [0.4, 0.5) is 51.2 Å². The third kappa shape index (κ3) is 18.7. The lowest BCUT2D eigenvalue weighted by molar-refractivity contribution is -0.127.